The van der Waals surface area contributed by atoms with Crippen LogP contribution in [-0.2, 0) is 20.8 Å². The van der Waals surface area contributed by atoms with Crippen LogP contribution in [0.25, 0.3) is 20.9 Å². The Hall–Kier alpha value is -2.36. The zero-order chi connectivity index (χ0) is 17.8. The lowest BCUT2D eigenvalue weighted by Gasteiger charge is -2.13. The van der Waals surface area contributed by atoms with E-state index in [1.54, 1.807) is 0 Å². The first-order chi connectivity index (χ1) is 11.7. The largest absolute Gasteiger partial charge is 0.461 e. The average Bonchev–Trinajstić information content (AvgIpc) is 3.00. The van der Waals surface area contributed by atoms with Gasteiger partial charge in [-0.1, -0.05) is 10.2 Å². The van der Waals surface area contributed by atoms with Gasteiger partial charge in [0.05, 0.1) is 19.7 Å². The predicted molar refractivity (Wildman–Crippen MR) is 85.3 cm³/mol. The summed E-state index contributed by atoms with van der Waals surface area (Å²) in [5.74, 6) is -0.694. The summed E-state index contributed by atoms with van der Waals surface area (Å²) < 4.78 is 15.9. The van der Waals surface area contributed by atoms with E-state index >= 15 is 0 Å². The minimum atomic E-state index is -0.709. The highest BCUT2D eigenvalue weighted by atomic mass is 32.1. The van der Waals surface area contributed by atoms with Crippen molar-refractivity contribution in [3.05, 3.63) is 36.5 Å². The van der Waals surface area contributed by atoms with E-state index in [1.807, 2.05) is 13.8 Å². The Morgan fingerprint density at radius 2 is 1.92 bits per heavy atom. The normalized spacial score (nSPS) is 10.1. The number of thiazole rings is 1. The number of hydrogen-bond donors (Lipinski definition) is 0. The SMILES string of the molecule is CCOC(OCC)c1nc(C(=O)OCCN=[N+]=[N-])c(CN=[N+]=[N-])s1. The Balaban J connectivity index is 2.99. The Morgan fingerprint density at radius 1 is 1.25 bits per heavy atom. The molecule has 12 heteroatoms. The number of carbonyl (C=O) groups is 1. The molecule has 0 amide bonds. The molecule has 0 radical (unpaired) electrons. The van der Waals surface area contributed by atoms with Crippen molar-refractivity contribution in [1.82, 2.24) is 4.98 Å². The molecule has 0 bridgehead atoms. The predicted octanol–water partition coefficient (Wildman–Crippen LogP) is 3.49. The zero-order valence-electron chi connectivity index (χ0n) is 13.3. The van der Waals surface area contributed by atoms with E-state index < -0.39 is 12.3 Å². The third-order valence-corrected chi connectivity index (χ3v) is 3.57. The van der Waals surface area contributed by atoms with Crippen molar-refractivity contribution in [2.75, 3.05) is 26.4 Å². The molecule has 11 nitrogen and oxygen atoms in total. The summed E-state index contributed by atoms with van der Waals surface area (Å²) in [6.07, 6.45) is -0.709. The molecule has 0 fully saturated rings. The summed E-state index contributed by atoms with van der Waals surface area (Å²) in [4.78, 5) is 22.0. The maximum atomic E-state index is 12.1. The van der Waals surface area contributed by atoms with Gasteiger partial charge in [0.25, 0.3) is 0 Å². The summed E-state index contributed by atoms with van der Waals surface area (Å²) in [6.45, 7) is 4.34. The molecule has 130 valence electrons. The molecule has 0 N–H and O–H groups in total. The van der Waals surface area contributed by atoms with Gasteiger partial charge in [0.15, 0.2) is 10.7 Å². The maximum absolute atomic E-state index is 12.1. The van der Waals surface area contributed by atoms with Crippen LogP contribution in [0.3, 0.4) is 0 Å². The van der Waals surface area contributed by atoms with Crippen molar-refractivity contribution in [3.8, 4) is 0 Å². The van der Waals surface area contributed by atoms with Crippen LogP contribution in [-0.4, -0.2) is 37.3 Å². The smallest absolute Gasteiger partial charge is 0.358 e. The van der Waals surface area contributed by atoms with Gasteiger partial charge in [0.1, 0.15) is 0 Å². The molecule has 1 rings (SSSR count). The number of nitrogens with zero attached hydrogens (tertiary/aromatic N) is 7. The topological polar surface area (TPSA) is 155 Å². The second-order valence-corrected chi connectivity index (χ2v) is 5.16. The monoisotopic (exact) mass is 355 g/mol. The number of rotatable bonds is 11. The minimum Gasteiger partial charge on any atom is -0.461 e. The first kappa shape index (κ1) is 19.7. The second-order valence-electron chi connectivity index (χ2n) is 4.05. The van der Waals surface area contributed by atoms with Gasteiger partial charge in [-0.25, -0.2) is 9.78 Å². The van der Waals surface area contributed by atoms with Crippen molar-refractivity contribution in [1.29, 1.82) is 0 Å². The van der Waals surface area contributed by atoms with E-state index in [1.165, 1.54) is 0 Å². The van der Waals surface area contributed by atoms with Gasteiger partial charge >= 0.3 is 5.97 Å². The fourth-order valence-electron chi connectivity index (χ4n) is 1.62. The Morgan fingerprint density at radius 3 is 2.50 bits per heavy atom. The number of esters is 1. The van der Waals surface area contributed by atoms with Crippen molar-refractivity contribution in [2.24, 2.45) is 10.2 Å². The number of hydrogen-bond acceptors (Lipinski definition) is 8. The molecule has 0 unspecified atom stereocenters. The molecule has 0 aliphatic carbocycles. The van der Waals surface area contributed by atoms with Crippen LogP contribution in [0.4, 0.5) is 0 Å². The summed E-state index contributed by atoms with van der Waals surface area (Å²) in [5, 5.41) is 7.16. The van der Waals surface area contributed by atoms with Crippen molar-refractivity contribution in [3.63, 3.8) is 0 Å². The van der Waals surface area contributed by atoms with E-state index in [4.69, 9.17) is 25.3 Å². The highest BCUT2D eigenvalue weighted by Gasteiger charge is 2.24. The van der Waals surface area contributed by atoms with Crippen LogP contribution in [0.1, 0.15) is 40.5 Å². The van der Waals surface area contributed by atoms with Crippen molar-refractivity contribution < 1.29 is 19.0 Å². The van der Waals surface area contributed by atoms with E-state index in [0.717, 1.165) is 11.3 Å². The highest BCUT2D eigenvalue weighted by Crippen LogP contribution is 2.28. The van der Waals surface area contributed by atoms with Gasteiger partial charge in [0.2, 0.25) is 6.29 Å². The lowest BCUT2D eigenvalue weighted by molar-refractivity contribution is -0.140. The van der Waals surface area contributed by atoms with Crippen LogP contribution in [0.15, 0.2) is 10.2 Å². The molecule has 0 aliphatic heterocycles. The van der Waals surface area contributed by atoms with Gasteiger partial charge in [-0.3, -0.25) is 0 Å². The molecule has 0 atom stereocenters. The summed E-state index contributed by atoms with van der Waals surface area (Å²) >= 11 is 1.15. The lowest BCUT2D eigenvalue weighted by atomic mass is 10.3. The maximum Gasteiger partial charge on any atom is 0.358 e. The van der Waals surface area contributed by atoms with Crippen molar-refractivity contribution >= 4 is 17.3 Å². The first-order valence-corrected chi connectivity index (χ1v) is 7.91. The molecule has 0 saturated carbocycles. The fourth-order valence-corrected chi connectivity index (χ4v) is 2.59. The second kappa shape index (κ2) is 11.2. The Kier molecular flexibility index (Phi) is 9.20. The number of aromatic nitrogens is 1. The molecule has 0 aliphatic rings. The molecule has 1 aromatic heterocycles. The summed E-state index contributed by atoms with van der Waals surface area (Å²) in [7, 11) is 0. The fraction of sp³-hybridized carbons (Fsp3) is 0.667. The van der Waals surface area contributed by atoms with Crippen LogP contribution in [0.2, 0.25) is 0 Å². The first-order valence-electron chi connectivity index (χ1n) is 7.09. The van der Waals surface area contributed by atoms with Crippen LogP contribution in [0, 0.1) is 0 Å². The van der Waals surface area contributed by atoms with Crippen LogP contribution < -0.4 is 0 Å². The third kappa shape index (κ3) is 6.03. The lowest BCUT2D eigenvalue weighted by Crippen LogP contribution is -2.12. The Labute approximate surface area is 141 Å². The molecular weight excluding hydrogens is 338 g/mol. The van der Waals surface area contributed by atoms with Crippen LogP contribution in [0.5, 0.6) is 0 Å². The van der Waals surface area contributed by atoms with Gasteiger partial charge in [-0.15, -0.1) is 11.3 Å². The number of ether oxygens (including phenoxy) is 3. The highest BCUT2D eigenvalue weighted by molar-refractivity contribution is 7.12. The molecule has 0 aromatic carbocycles. The molecule has 24 heavy (non-hydrogen) atoms. The van der Waals surface area contributed by atoms with E-state index in [-0.39, 0.29) is 25.4 Å². The molecular formula is C12H17N7O4S. The van der Waals surface area contributed by atoms with Gasteiger partial charge in [-0.2, -0.15) is 0 Å². The zero-order valence-corrected chi connectivity index (χ0v) is 14.1. The minimum absolute atomic E-state index is 0.0193. The van der Waals surface area contributed by atoms with Crippen LogP contribution >= 0.6 is 11.3 Å². The molecule has 0 spiro atoms. The standard InChI is InChI=1S/C12H17N7O4S/c1-3-21-12(22-4-2)10-17-9(8(24-10)7-16-19-14)11(20)23-6-5-15-18-13/h12H,3-7H2,1-2H3. The van der Waals surface area contributed by atoms with Crippen molar-refractivity contribution in [2.45, 2.75) is 26.7 Å². The summed E-state index contributed by atoms with van der Waals surface area (Å²) in [5.41, 5.74) is 16.7. The quantitative estimate of drug-likeness (QED) is 0.148. The number of azide groups is 2. The van der Waals surface area contributed by atoms with Gasteiger partial charge in [-0.05, 0) is 24.9 Å². The van der Waals surface area contributed by atoms with E-state index in [2.05, 4.69) is 25.0 Å². The van der Waals surface area contributed by atoms with Gasteiger partial charge < -0.3 is 14.2 Å². The van der Waals surface area contributed by atoms with E-state index in [9.17, 15) is 4.79 Å². The summed E-state index contributed by atoms with van der Waals surface area (Å²) in [6, 6.07) is 0. The number of carbonyl (C=O) groups excluding carboxylic acids is 1. The van der Waals surface area contributed by atoms with E-state index in [0.29, 0.717) is 23.1 Å². The average molecular weight is 355 g/mol. The molecule has 0 saturated heterocycles. The Bertz CT molecular complexity index is 631. The molecule has 1 aromatic rings. The van der Waals surface area contributed by atoms with Gasteiger partial charge in [0, 0.05) is 27.9 Å². The third-order valence-electron chi connectivity index (χ3n) is 2.51. The molecule has 1 heterocycles.